The minimum Gasteiger partial charge on any atom is -0.360 e. The normalized spacial score (nSPS) is 24.6. The smallest absolute Gasteiger partial charge is 0.247 e. The van der Waals surface area contributed by atoms with E-state index in [1.807, 2.05) is 0 Å². The third kappa shape index (κ3) is 3.15. The van der Waals surface area contributed by atoms with Crippen molar-refractivity contribution >= 4 is 11.8 Å². The van der Waals surface area contributed by atoms with Crippen molar-refractivity contribution in [3.63, 3.8) is 0 Å². The molecule has 1 aromatic rings. The molecule has 1 aliphatic carbocycles. The van der Waals surface area contributed by atoms with Crippen LogP contribution in [0.25, 0.3) is 0 Å². The average molecular weight is 291 g/mol. The lowest BCUT2D eigenvalue weighted by molar-refractivity contribution is -0.141. The highest BCUT2D eigenvalue weighted by Crippen LogP contribution is 2.26. The Labute approximate surface area is 123 Å². The predicted molar refractivity (Wildman–Crippen MR) is 75.1 cm³/mol. The first-order valence-electron chi connectivity index (χ1n) is 7.74. The number of nitrogens with one attached hydrogen (secondary N) is 1. The summed E-state index contributed by atoms with van der Waals surface area (Å²) in [4.78, 5) is 26.2. The Kier molecular flexibility index (Phi) is 4.34. The van der Waals surface area contributed by atoms with E-state index in [0.29, 0.717) is 12.3 Å². The van der Waals surface area contributed by atoms with Crippen LogP contribution in [-0.2, 0) is 16.1 Å². The summed E-state index contributed by atoms with van der Waals surface area (Å²) in [6.07, 6.45) is 8.36. The Morgan fingerprint density at radius 2 is 2.00 bits per heavy atom. The van der Waals surface area contributed by atoms with Gasteiger partial charge in [0.2, 0.25) is 11.8 Å². The average Bonchev–Trinajstić information content (AvgIpc) is 2.98. The van der Waals surface area contributed by atoms with Gasteiger partial charge in [0, 0.05) is 12.1 Å². The van der Waals surface area contributed by atoms with Crippen LogP contribution in [0.5, 0.6) is 0 Å². The third-order valence-electron chi connectivity index (χ3n) is 4.39. The molecule has 2 amide bonds. The molecule has 6 nitrogen and oxygen atoms in total. The molecular weight excluding hydrogens is 270 g/mol. The van der Waals surface area contributed by atoms with Crippen LogP contribution in [0, 0.1) is 0 Å². The summed E-state index contributed by atoms with van der Waals surface area (Å²) in [7, 11) is 0. The summed E-state index contributed by atoms with van der Waals surface area (Å²) in [6.45, 7) is 0.419. The van der Waals surface area contributed by atoms with Crippen molar-refractivity contribution in [1.29, 1.82) is 0 Å². The topological polar surface area (TPSA) is 75.4 Å². The largest absolute Gasteiger partial charge is 0.360 e. The maximum atomic E-state index is 12.5. The Bertz CT molecular complexity index is 492. The van der Waals surface area contributed by atoms with Gasteiger partial charge in [0.05, 0.1) is 25.2 Å². The van der Waals surface area contributed by atoms with Crippen molar-refractivity contribution in [3.8, 4) is 0 Å². The molecule has 0 aromatic carbocycles. The number of carbonyl (C=O) groups is 2. The van der Waals surface area contributed by atoms with Gasteiger partial charge in [0.15, 0.2) is 0 Å². The number of hydrogen-bond donors (Lipinski definition) is 1. The van der Waals surface area contributed by atoms with Crippen molar-refractivity contribution in [2.75, 3.05) is 0 Å². The summed E-state index contributed by atoms with van der Waals surface area (Å²) >= 11 is 0. The molecule has 1 saturated carbocycles. The molecule has 0 bridgehead atoms. The standard InChI is InChI=1S/C15H21N3O3/c19-14-9-13(16-10-12-7-8-17-21-12)15(20)18(14)11-5-3-1-2-4-6-11/h7-8,11,13,16H,1-6,9-10H2. The highest BCUT2D eigenvalue weighted by molar-refractivity contribution is 6.05. The van der Waals surface area contributed by atoms with Crippen molar-refractivity contribution in [1.82, 2.24) is 15.4 Å². The molecule has 3 rings (SSSR count). The molecule has 1 atom stereocenters. The molecule has 1 N–H and O–H groups in total. The summed E-state index contributed by atoms with van der Waals surface area (Å²) in [6, 6.07) is 1.42. The van der Waals surface area contributed by atoms with Gasteiger partial charge in [0.1, 0.15) is 5.76 Å². The molecule has 1 saturated heterocycles. The zero-order valence-electron chi connectivity index (χ0n) is 12.1. The molecule has 21 heavy (non-hydrogen) atoms. The highest BCUT2D eigenvalue weighted by Gasteiger charge is 2.41. The van der Waals surface area contributed by atoms with E-state index < -0.39 is 6.04 Å². The van der Waals surface area contributed by atoms with Gasteiger partial charge in [-0.3, -0.25) is 19.8 Å². The second-order valence-electron chi connectivity index (χ2n) is 5.86. The molecule has 2 aliphatic rings. The maximum Gasteiger partial charge on any atom is 0.247 e. The summed E-state index contributed by atoms with van der Waals surface area (Å²) in [5.41, 5.74) is 0. The van der Waals surface area contributed by atoms with E-state index in [9.17, 15) is 9.59 Å². The molecule has 0 radical (unpaired) electrons. The van der Waals surface area contributed by atoms with Gasteiger partial charge in [-0.25, -0.2) is 0 Å². The number of hydrogen-bond acceptors (Lipinski definition) is 5. The van der Waals surface area contributed by atoms with Gasteiger partial charge >= 0.3 is 0 Å². The maximum absolute atomic E-state index is 12.5. The van der Waals surface area contributed by atoms with Gasteiger partial charge in [-0.05, 0) is 12.8 Å². The molecule has 114 valence electrons. The third-order valence-corrected chi connectivity index (χ3v) is 4.39. The molecular formula is C15H21N3O3. The van der Waals surface area contributed by atoms with E-state index in [1.165, 1.54) is 17.7 Å². The van der Waals surface area contributed by atoms with Gasteiger partial charge < -0.3 is 4.52 Å². The number of carbonyl (C=O) groups excluding carboxylic acids is 2. The second kappa shape index (κ2) is 6.39. The Morgan fingerprint density at radius 3 is 2.67 bits per heavy atom. The summed E-state index contributed by atoms with van der Waals surface area (Å²) in [5, 5.41) is 6.73. The number of likely N-dealkylation sites (tertiary alicyclic amines) is 1. The first-order valence-corrected chi connectivity index (χ1v) is 7.74. The van der Waals surface area contributed by atoms with Gasteiger partial charge in [-0.15, -0.1) is 0 Å². The fourth-order valence-corrected chi connectivity index (χ4v) is 3.27. The zero-order valence-corrected chi connectivity index (χ0v) is 12.1. The van der Waals surface area contributed by atoms with Gasteiger partial charge in [-0.2, -0.15) is 0 Å². The molecule has 1 aromatic heterocycles. The van der Waals surface area contributed by atoms with E-state index in [4.69, 9.17) is 4.52 Å². The number of nitrogens with zero attached hydrogens (tertiary/aromatic N) is 2. The van der Waals surface area contributed by atoms with Crippen LogP contribution >= 0.6 is 0 Å². The minimum absolute atomic E-state index is 0.0398. The van der Waals surface area contributed by atoms with Crippen molar-refractivity contribution in [2.24, 2.45) is 0 Å². The first-order chi connectivity index (χ1) is 10.3. The van der Waals surface area contributed by atoms with Crippen LogP contribution in [0.4, 0.5) is 0 Å². The minimum atomic E-state index is -0.425. The van der Waals surface area contributed by atoms with E-state index >= 15 is 0 Å². The number of imide groups is 1. The summed E-state index contributed by atoms with van der Waals surface area (Å²) in [5.74, 6) is 0.552. The van der Waals surface area contributed by atoms with Crippen molar-refractivity contribution in [3.05, 3.63) is 18.0 Å². The summed E-state index contributed by atoms with van der Waals surface area (Å²) < 4.78 is 4.99. The van der Waals surface area contributed by atoms with Crippen LogP contribution in [0.3, 0.4) is 0 Å². The fourth-order valence-electron chi connectivity index (χ4n) is 3.27. The van der Waals surface area contributed by atoms with Gasteiger partial charge in [0.25, 0.3) is 0 Å². The SMILES string of the molecule is O=C1CC(NCc2ccno2)C(=O)N1C1CCCCCC1. The van der Waals surface area contributed by atoms with Crippen LogP contribution < -0.4 is 5.32 Å². The monoisotopic (exact) mass is 291 g/mol. The number of rotatable bonds is 4. The van der Waals surface area contributed by atoms with Gasteiger partial charge in [-0.1, -0.05) is 30.8 Å². The zero-order chi connectivity index (χ0) is 14.7. The number of amides is 2. The predicted octanol–water partition coefficient (Wildman–Crippen LogP) is 1.61. The lowest BCUT2D eigenvalue weighted by atomic mass is 10.1. The Balaban J connectivity index is 1.61. The fraction of sp³-hybridized carbons (Fsp3) is 0.667. The van der Waals surface area contributed by atoms with Crippen LogP contribution in [0.1, 0.15) is 50.7 Å². The number of aromatic nitrogens is 1. The molecule has 6 heteroatoms. The van der Waals surface area contributed by atoms with Crippen molar-refractivity contribution in [2.45, 2.75) is 63.6 Å². The molecule has 1 unspecified atom stereocenters. The lowest BCUT2D eigenvalue weighted by Crippen LogP contribution is -2.43. The van der Waals surface area contributed by atoms with Crippen LogP contribution in [0.15, 0.2) is 16.8 Å². The second-order valence-corrected chi connectivity index (χ2v) is 5.86. The van der Waals surface area contributed by atoms with E-state index in [0.717, 1.165) is 25.7 Å². The Hall–Kier alpha value is -1.69. The van der Waals surface area contributed by atoms with Crippen LogP contribution in [-0.4, -0.2) is 34.0 Å². The molecule has 2 heterocycles. The van der Waals surface area contributed by atoms with E-state index in [1.54, 1.807) is 12.3 Å². The van der Waals surface area contributed by atoms with E-state index in [-0.39, 0.29) is 24.3 Å². The van der Waals surface area contributed by atoms with E-state index in [2.05, 4.69) is 10.5 Å². The molecule has 0 spiro atoms. The molecule has 2 fully saturated rings. The quantitative estimate of drug-likeness (QED) is 0.674. The van der Waals surface area contributed by atoms with Crippen molar-refractivity contribution < 1.29 is 14.1 Å². The highest BCUT2D eigenvalue weighted by atomic mass is 16.5. The van der Waals surface area contributed by atoms with Crippen LogP contribution in [0.2, 0.25) is 0 Å². The Morgan fingerprint density at radius 1 is 1.24 bits per heavy atom. The lowest BCUT2D eigenvalue weighted by Gasteiger charge is -2.25. The molecule has 1 aliphatic heterocycles. The first kappa shape index (κ1) is 14.3.